The molecule has 0 fully saturated rings. The molecule has 0 saturated heterocycles. The van der Waals surface area contributed by atoms with Crippen LogP contribution in [-0.2, 0) is 12.8 Å². The Morgan fingerprint density at radius 2 is 2.42 bits per heavy atom. The molecule has 2 rings (SSSR count). The van der Waals surface area contributed by atoms with E-state index >= 15 is 0 Å². The third kappa shape index (κ3) is 1.28. The van der Waals surface area contributed by atoms with Crippen molar-refractivity contribution in [3.63, 3.8) is 0 Å². The van der Waals surface area contributed by atoms with Crippen LogP contribution in [0.2, 0.25) is 0 Å². The van der Waals surface area contributed by atoms with Crippen LogP contribution in [0, 0.1) is 0 Å². The molecule has 3 heteroatoms. The SMILES string of the molecule is CC(NN)c1cc2c(s1)CCC2. The van der Waals surface area contributed by atoms with E-state index < -0.39 is 0 Å². The summed E-state index contributed by atoms with van der Waals surface area (Å²) in [4.78, 5) is 2.95. The number of fused-ring (bicyclic) bond motifs is 1. The Kier molecular flexibility index (Phi) is 2.17. The highest BCUT2D eigenvalue weighted by molar-refractivity contribution is 7.12. The first-order chi connectivity index (χ1) is 5.81. The quantitative estimate of drug-likeness (QED) is 0.540. The molecule has 1 aliphatic rings. The topological polar surface area (TPSA) is 38.0 Å². The molecule has 0 amide bonds. The van der Waals surface area contributed by atoms with Gasteiger partial charge in [-0.15, -0.1) is 11.3 Å². The van der Waals surface area contributed by atoms with Crippen molar-refractivity contribution in [3.05, 3.63) is 21.4 Å². The fraction of sp³-hybridized carbons (Fsp3) is 0.556. The van der Waals surface area contributed by atoms with Gasteiger partial charge in [0, 0.05) is 9.75 Å². The van der Waals surface area contributed by atoms with Crippen LogP contribution in [0.1, 0.15) is 34.7 Å². The lowest BCUT2D eigenvalue weighted by molar-refractivity contribution is 0.611. The van der Waals surface area contributed by atoms with E-state index in [9.17, 15) is 0 Å². The van der Waals surface area contributed by atoms with E-state index in [0.29, 0.717) is 6.04 Å². The molecule has 66 valence electrons. The maximum Gasteiger partial charge on any atom is 0.0525 e. The zero-order valence-electron chi connectivity index (χ0n) is 7.26. The third-order valence-corrected chi connectivity index (χ3v) is 3.86. The van der Waals surface area contributed by atoms with Gasteiger partial charge in [0.05, 0.1) is 6.04 Å². The molecule has 0 saturated carbocycles. The van der Waals surface area contributed by atoms with Gasteiger partial charge in [-0.05, 0) is 37.8 Å². The third-order valence-electron chi connectivity index (χ3n) is 2.44. The van der Waals surface area contributed by atoms with Crippen LogP contribution < -0.4 is 11.3 Å². The maximum atomic E-state index is 5.38. The molecule has 0 aliphatic heterocycles. The molecule has 1 aromatic heterocycles. The first-order valence-electron chi connectivity index (χ1n) is 4.39. The average molecular weight is 182 g/mol. The summed E-state index contributed by atoms with van der Waals surface area (Å²) in [6, 6.07) is 2.61. The largest absolute Gasteiger partial charge is 0.271 e. The summed E-state index contributed by atoms with van der Waals surface area (Å²) in [5, 5.41) is 0. The van der Waals surface area contributed by atoms with E-state index in [1.54, 1.807) is 10.4 Å². The van der Waals surface area contributed by atoms with Crippen molar-refractivity contribution in [1.82, 2.24) is 5.43 Å². The van der Waals surface area contributed by atoms with Crippen LogP contribution in [0.5, 0.6) is 0 Å². The summed E-state index contributed by atoms with van der Waals surface area (Å²) in [6.07, 6.45) is 3.88. The average Bonchev–Trinajstić information content (AvgIpc) is 2.60. The Hall–Kier alpha value is -0.380. The molecule has 2 nitrogen and oxygen atoms in total. The van der Waals surface area contributed by atoms with E-state index in [1.807, 2.05) is 11.3 Å². The van der Waals surface area contributed by atoms with Crippen LogP contribution in [-0.4, -0.2) is 0 Å². The lowest BCUT2D eigenvalue weighted by atomic mass is 10.2. The van der Waals surface area contributed by atoms with Gasteiger partial charge in [-0.1, -0.05) is 0 Å². The van der Waals surface area contributed by atoms with Crippen molar-refractivity contribution in [2.24, 2.45) is 5.84 Å². The molecule has 1 atom stereocenters. The Labute approximate surface area is 76.8 Å². The number of hydrogen-bond donors (Lipinski definition) is 2. The molecule has 0 bridgehead atoms. The second-order valence-corrected chi connectivity index (χ2v) is 4.51. The maximum absolute atomic E-state index is 5.38. The van der Waals surface area contributed by atoms with Gasteiger partial charge < -0.3 is 0 Å². The molecule has 1 heterocycles. The van der Waals surface area contributed by atoms with Crippen LogP contribution >= 0.6 is 11.3 Å². The van der Waals surface area contributed by atoms with Crippen molar-refractivity contribution in [1.29, 1.82) is 0 Å². The lowest BCUT2D eigenvalue weighted by Gasteiger charge is -2.05. The molecule has 1 aliphatic carbocycles. The van der Waals surface area contributed by atoms with E-state index in [0.717, 1.165) is 0 Å². The summed E-state index contributed by atoms with van der Waals surface area (Å²) < 4.78 is 0. The van der Waals surface area contributed by atoms with Gasteiger partial charge in [0.15, 0.2) is 0 Å². The molecular formula is C9H14N2S. The number of nitrogens with one attached hydrogen (secondary N) is 1. The second-order valence-electron chi connectivity index (χ2n) is 3.34. The monoisotopic (exact) mass is 182 g/mol. The van der Waals surface area contributed by atoms with Gasteiger partial charge in [0.2, 0.25) is 0 Å². The van der Waals surface area contributed by atoms with Gasteiger partial charge in [0.25, 0.3) is 0 Å². The highest BCUT2D eigenvalue weighted by Gasteiger charge is 2.16. The standard InChI is InChI=1S/C9H14N2S/c1-6(11-10)9-5-7-3-2-4-8(7)12-9/h5-6,11H,2-4,10H2,1H3. The summed E-state index contributed by atoms with van der Waals surface area (Å²) >= 11 is 1.91. The minimum atomic E-state index is 0.306. The highest BCUT2D eigenvalue weighted by atomic mass is 32.1. The molecule has 0 spiro atoms. The first-order valence-corrected chi connectivity index (χ1v) is 5.20. The van der Waals surface area contributed by atoms with Crippen molar-refractivity contribution in [2.45, 2.75) is 32.2 Å². The Morgan fingerprint density at radius 1 is 1.58 bits per heavy atom. The number of hydrazine groups is 1. The number of rotatable bonds is 2. The lowest BCUT2D eigenvalue weighted by Crippen LogP contribution is -2.24. The van der Waals surface area contributed by atoms with Crippen molar-refractivity contribution >= 4 is 11.3 Å². The Balaban J connectivity index is 2.25. The summed E-state index contributed by atoms with van der Waals surface area (Å²) in [5.41, 5.74) is 4.33. The molecule has 0 aromatic carbocycles. The fourth-order valence-electron chi connectivity index (χ4n) is 1.65. The highest BCUT2D eigenvalue weighted by Crippen LogP contribution is 2.33. The van der Waals surface area contributed by atoms with E-state index in [2.05, 4.69) is 18.4 Å². The molecule has 3 N–H and O–H groups in total. The summed E-state index contributed by atoms with van der Waals surface area (Å²) in [7, 11) is 0. The second kappa shape index (κ2) is 3.17. The molecule has 12 heavy (non-hydrogen) atoms. The predicted octanol–water partition coefficient (Wildman–Crippen LogP) is 1.76. The summed E-state index contributed by atoms with van der Waals surface area (Å²) in [5.74, 6) is 5.38. The van der Waals surface area contributed by atoms with Crippen LogP contribution in [0.3, 0.4) is 0 Å². The predicted molar refractivity (Wildman–Crippen MR) is 52.1 cm³/mol. The number of aryl methyl sites for hydroxylation is 2. The smallest absolute Gasteiger partial charge is 0.0525 e. The van der Waals surface area contributed by atoms with Gasteiger partial charge in [0.1, 0.15) is 0 Å². The Morgan fingerprint density at radius 3 is 3.08 bits per heavy atom. The van der Waals surface area contributed by atoms with Gasteiger partial charge in [-0.2, -0.15) is 0 Å². The van der Waals surface area contributed by atoms with Gasteiger partial charge in [-0.25, -0.2) is 0 Å². The normalized spacial score (nSPS) is 17.8. The zero-order valence-corrected chi connectivity index (χ0v) is 8.08. The molecule has 1 aromatic rings. The number of hydrogen-bond acceptors (Lipinski definition) is 3. The fourth-order valence-corrected chi connectivity index (χ4v) is 2.92. The minimum Gasteiger partial charge on any atom is -0.271 e. The van der Waals surface area contributed by atoms with Crippen molar-refractivity contribution in [3.8, 4) is 0 Å². The van der Waals surface area contributed by atoms with Crippen LogP contribution in [0.25, 0.3) is 0 Å². The molecular weight excluding hydrogens is 168 g/mol. The van der Waals surface area contributed by atoms with Gasteiger partial charge >= 0.3 is 0 Å². The van der Waals surface area contributed by atoms with E-state index in [1.165, 1.54) is 24.1 Å². The number of nitrogens with two attached hydrogens (primary N) is 1. The zero-order chi connectivity index (χ0) is 8.55. The van der Waals surface area contributed by atoms with E-state index in [4.69, 9.17) is 5.84 Å². The minimum absolute atomic E-state index is 0.306. The molecule has 0 radical (unpaired) electrons. The Bertz CT molecular complexity index is 259. The number of thiophene rings is 1. The first kappa shape index (κ1) is 8.23. The van der Waals surface area contributed by atoms with E-state index in [-0.39, 0.29) is 0 Å². The van der Waals surface area contributed by atoms with Crippen LogP contribution in [0.15, 0.2) is 6.07 Å². The van der Waals surface area contributed by atoms with Crippen molar-refractivity contribution in [2.75, 3.05) is 0 Å². The summed E-state index contributed by atoms with van der Waals surface area (Å²) in [6.45, 7) is 2.10. The van der Waals surface area contributed by atoms with Crippen LogP contribution in [0.4, 0.5) is 0 Å². The van der Waals surface area contributed by atoms with Crippen molar-refractivity contribution < 1.29 is 0 Å². The van der Waals surface area contributed by atoms with Gasteiger partial charge in [-0.3, -0.25) is 11.3 Å². The molecule has 1 unspecified atom stereocenters.